The van der Waals surface area contributed by atoms with Crippen molar-refractivity contribution < 1.29 is 9.84 Å². The van der Waals surface area contributed by atoms with Gasteiger partial charge in [-0.25, -0.2) is 4.98 Å². The molecule has 2 N–H and O–H groups in total. The molecule has 0 aliphatic heterocycles. The van der Waals surface area contributed by atoms with Crippen LogP contribution in [0.4, 0.5) is 0 Å². The number of nitrogens with one attached hydrogen (secondary N) is 1. The van der Waals surface area contributed by atoms with E-state index in [0.29, 0.717) is 19.7 Å². The third kappa shape index (κ3) is 4.86. The summed E-state index contributed by atoms with van der Waals surface area (Å²) >= 11 is 1.58. The molecule has 1 unspecified atom stereocenters. The van der Waals surface area contributed by atoms with Gasteiger partial charge in [-0.1, -0.05) is 18.2 Å². The van der Waals surface area contributed by atoms with Crippen molar-refractivity contribution in [3.05, 3.63) is 76.5 Å². The Kier molecular flexibility index (Phi) is 5.90. The topological polar surface area (TPSA) is 67.3 Å². The SMILES string of the molecule is OC(CNCc1csc(COc2ccccc2)n1)c1ccncc1. The van der Waals surface area contributed by atoms with Gasteiger partial charge in [0.25, 0.3) is 0 Å². The third-order valence-electron chi connectivity index (χ3n) is 3.44. The van der Waals surface area contributed by atoms with Crippen LogP contribution in [0.2, 0.25) is 0 Å². The van der Waals surface area contributed by atoms with Gasteiger partial charge in [0.1, 0.15) is 17.4 Å². The highest BCUT2D eigenvalue weighted by Gasteiger charge is 2.07. The average molecular weight is 341 g/mol. The maximum absolute atomic E-state index is 10.1. The molecular formula is C18H19N3O2S. The summed E-state index contributed by atoms with van der Waals surface area (Å²) in [6, 6.07) is 13.3. The molecule has 124 valence electrons. The Morgan fingerprint density at radius 3 is 2.71 bits per heavy atom. The molecule has 24 heavy (non-hydrogen) atoms. The highest BCUT2D eigenvalue weighted by atomic mass is 32.1. The summed E-state index contributed by atoms with van der Waals surface area (Å²) in [5.74, 6) is 0.841. The zero-order valence-corrected chi connectivity index (χ0v) is 13.9. The number of hydrogen-bond acceptors (Lipinski definition) is 6. The zero-order valence-electron chi connectivity index (χ0n) is 13.1. The molecule has 3 aromatic rings. The van der Waals surface area contributed by atoms with Gasteiger partial charge < -0.3 is 15.2 Å². The molecule has 0 saturated heterocycles. The molecule has 1 atom stereocenters. The first-order valence-corrected chi connectivity index (χ1v) is 8.59. The summed E-state index contributed by atoms with van der Waals surface area (Å²) in [7, 11) is 0. The molecule has 0 fully saturated rings. The van der Waals surface area contributed by atoms with E-state index >= 15 is 0 Å². The number of para-hydroxylation sites is 1. The second kappa shape index (κ2) is 8.54. The van der Waals surface area contributed by atoms with Crippen molar-refractivity contribution in [2.75, 3.05) is 6.54 Å². The number of aliphatic hydroxyl groups is 1. The summed E-state index contributed by atoms with van der Waals surface area (Å²) in [5, 5.41) is 16.3. The predicted molar refractivity (Wildman–Crippen MR) is 93.8 cm³/mol. The van der Waals surface area contributed by atoms with Crippen molar-refractivity contribution in [1.82, 2.24) is 15.3 Å². The summed E-state index contributed by atoms with van der Waals surface area (Å²) in [6.45, 7) is 1.55. The van der Waals surface area contributed by atoms with Crippen LogP contribution in [-0.4, -0.2) is 21.6 Å². The Hall–Kier alpha value is -2.28. The molecule has 0 bridgehead atoms. The number of hydrogen-bond donors (Lipinski definition) is 2. The van der Waals surface area contributed by atoms with Gasteiger partial charge in [0.15, 0.2) is 0 Å². The minimum absolute atomic E-state index is 0.467. The fourth-order valence-electron chi connectivity index (χ4n) is 2.20. The van der Waals surface area contributed by atoms with Crippen LogP contribution >= 0.6 is 11.3 Å². The number of aliphatic hydroxyl groups excluding tert-OH is 1. The fourth-order valence-corrected chi connectivity index (χ4v) is 2.90. The maximum Gasteiger partial charge on any atom is 0.140 e. The first-order valence-electron chi connectivity index (χ1n) is 7.71. The maximum atomic E-state index is 10.1. The molecule has 3 rings (SSSR count). The van der Waals surface area contributed by atoms with E-state index in [4.69, 9.17) is 4.74 Å². The Balaban J connectivity index is 1.43. The van der Waals surface area contributed by atoms with Gasteiger partial charge in [0.2, 0.25) is 0 Å². The van der Waals surface area contributed by atoms with Crippen LogP contribution in [0.1, 0.15) is 22.4 Å². The lowest BCUT2D eigenvalue weighted by Gasteiger charge is -2.11. The second-order valence-corrected chi connectivity index (χ2v) is 6.20. The number of aromatic nitrogens is 2. The van der Waals surface area contributed by atoms with Gasteiger partial charge in [-0.05, 0) is 29.8 Å². The van der Waals surface area contributed by atoms with Crippen LogP contribution in [0.25, 0.3) is 0 Å². The van der Waals surface area contributed by atoms with Gasteiger partial charge >= 0.3 is 0 Å². The first kappa shape index (κ1) is 16.6. The lowest BCUT2D eigenvalue weighted by Crippen LogP contribution is -2.21. The zero-order chi connectivity index (χ0) is 16.6. The molecular weight excluding hydrogens is 322 g/mol. The van der Waals surface area contributed by atoms with Crippen LogP contribution in [0, 0.1) is 0 Å². The smallest absolute Gasteiger partial charge is 0.140 e. The Labute approximate surface area is 145 Å². The Morgan fingerprint density at radius 2 is 1.92 bits per heavy atom. The van der Waals surface area contributed by atoms with Crippen molar-refractivity contribution in [3.8, 4) is 5.75 Å². The molecule has 0 amide bonds. The molecule has 0 spiro atoms. The lowest BCUT2D eigenvalue weighted by atomic mass is 10.1. The highest BCUT2D eigenvalue weighted by Crippen LogP contribution is 2.15. The summed E-state index contributed by atoms with van der Waals surface area (Å²) in [5.41, 5.74) is 1.81. The largest absolute Gasteiger partial charge is 0.486 e. The number of ether oxygens (including phenoxy) is 1. The molecule has 0 radical (unpaired) electrons. The van der Waals surface area contributed by atoms with E-state index in [1.165, 1.54) is 0 Å². The minimum atomic E-state index is -0.549. The molecule has 0 saturated carbocycles. The fraction of sp³-hybridized carbons (Fsp3) is 0.222. The van der Waals surface area contributed by atoms with Crippen LogP contribution in [0.3, 0.4) is 0 Å². The highest BCUT2D eigenvalue weighted by molar-refractivity contribution is 7.09. The number of benzene rings is 1. The van der Waals surface area contributed by atoms with E-state index in [-0.39, 0.29) is 0 Å². The second-order valence-electron chi connectivity index (χ2n) is 5.26. The van der Waals surface area contributed by atoms with Crippen LogP contribution in [0.5, 0.6) is 5.75 Å². The van der Waals surface area contributed by atoms with Gasteiger partial charge in [-0.2, -0.15) is 0 Å². The molecule has 0 aliphatic carbocycles. The van der Waals surface area contributed by atoms with Crippen molar-refractivity contribution in [2.45, 2.75) is 19.3 Å². The summed E-state index contributed by atoms with van der Waals surface area (Å²) in [4.78, 5) is 8.48. The van der Waals surface area contributed by atoms with Crippen LogP contribution in [-0.2, 0) is 13.2 Å². The van der Waals surface area contributed by atoms with E-state index in [9.17, 15) is 5.11 Å². The summed E-state index contributed by atoms with van der Waals surface area (Å²) in [6.07, 6.45) is 2.81. The summed E-state index contributed by atoms with van der Waals surface area (Å²) < 4.78 is 5.69. The monoisotopic (exact) mass is 341 g/mol. The molecule has 0 aliphatic rings. The number of pyridine rings is 1. The van der Waals surface area contributed by atoms with E-state index in [0.717, 1.165) is 22.0 Å². The molecule has 6 heteroatoms. The Morgan fingerprint density at radius 1 is 1.12 bits per heavy atom. The quantitative estimate of drug-likeness (QED) is 0.659. The minimum Gasteiger partial charge on any atom is -0.486 e. The number of rotatable bonds is 8. The van der Waals surface area contributed by atoms with Crippen molar-refractivity contribution >= 4 is 11.3 Å². The van der Waals surface area contributed by atoms with Gasteiger partial charge in [0.05, 0.1) is 11.8 Å². The van der Waals surface area contributed by atoms with Gasteiger partial charge in [0, 0.05) is 30.9 Å². The molecule has 5 nitrogen and oxygen atoms in total. The Bertz CT molecular complexity index is 734. The van der Waals surface area contributed by atoms with E-state index in [2.05, 4.69) is 15.3 Å². The molecule has 1 aromatic carbocycles. The normalized spacial score (nSPS) is 12.0. The third-order valence-corrected chi connectivity index (χ3v) is 4.31. The number of nitrogens with zero attached hydrogens (tertiary/aromatic N) is 2. The van der Waals surface area contributed by atoms with Gasteiger partial charge in [-0.3, -0.25) is 4.98 Å². The average Bonchev–Trinajstić information content (AvgIpc) is 3.09. The van der Waals surface area contributed by atoms with Crippen molar-refractivity contribution in [1.29, 1.82) is 0 Å². The van der Waals surface area contributed by atoms with Crippen LogP contribution < -0.4 is 10.1 Å². The van der Waals surface area contributed by atoms with Crippen LogP contribution in [0.15, 0.2) is 60.2 Å². The molecule has 2 aromatic heterocycles. The van der Waals surface area contributed by atoms with Crippen molar-refractivity contribution in [3.63, 3.8) is 0 Å². The standard InChI is InChI=1S/C18H19N3O2S/c22-17(14-6-8-19-9-7-14)11-20-10-15-13-24-18(21-15)12-23-16-4-2-1-3-5-16/h1-9,13,17,20,22H,10-12H2. The van der Waals surface area contributed by atoms with Crippen molar-refractivity contribution in [2.24, 2.45) is 0 Å². The number of thiazole rings is 1. The lowest BCUT2D eigenvalue weighted by molar-refractivity contribution is 0.174. The van der Waals surface area contributed by atoms with E-state index < -0.39 is 6.10 Å². The molecule has 2 heterocycles. The van der Waals surface area contributed by atoms with Gasteiger partial charge in [-0.15, -0.1) is 11.3 Å². The predicted octanol–water partition coefficient (Wildman–Crippen LogP) is 2.94. The van der Waals surface area contributed by atoms with E-state index in [1.807, 2.05) is 47.8 Å². The first-order chi connectivity index (χ1) is 11.8. The van der Waals surface area contributed by atoms with E-state index in [1.54, 1.807) is 23.7 Å².